The van der Waals surface area contributed by atoms with Crippen LogP contribution in [0.2, 0.25) is 0 Å². The van der Waals surface area contributed by atoms with Gasteiger partial charge >= 0.3 is 0 Å². The molecule has 96 valence electrons. The molecule has 1 fully saturated rings. The first kappa shape index (κ1) is 12.5. The number of carbonyl (C=O) groups excluding carboxylic acids is 2. The molecule has 6 nitrogen and oxygen atoms in total. The van der Waals surface area contributed by atoms with E-state index < -0.39 is 0 Å². The Morgan fingerprint density at radius 2 is 1.94 bits per heavy atom. The van der Waals surface area contributed by atoms with Gasteiger partial charge < -0.3 is 5.32 Å². The molecule has 1 aromatic rings. The Balaban J connectivity index is 1.97. The van der Waals surface area contributed by atoms with Crippen LogP contribution in [0.3, 0.4) is 0 Å². The van der Waals surface area contributed by atoms with Gasteiger partial charge in [-0.05, 0) is 6.42 Å². The second-order valence-corrected chi connectivity index (χ2v) is 4.19. The minimum Gasteiger partial charge on any atom is -0.369 e. The van der Waals surface area contributed by atoms with Crippen molar-refractivity contribution >= 4 is 17.6 Å². The normalized spacial score (nSPS) is 15.3. The largest absolute Gasteiger partial charge is 0.369 e. The van der Waals surface area contributed by atoms with E-state index in [4.69, 9.17) is 0 Å². The van der Waals surface area contributed by atoms with E-state index in [1.54, 1.807) is 12.4 Å². The van der Waals surface area contributed by atoms with Gasteiger partial charge in [0, 0.05) is 19.4 Å². The average molecular weight is 248 g/mol. The summed E-state index contributed by atoms with van der Waals surface area (Å²) in [5.41, 5.74) is 0.626. The number of carbonyl (C=O) groups is 2. The number of hydrogen-bond donors (Lipinski definition) is 1. The Labute approximate surface area is 105 Å². The summed E-state index contributed by atoms with van der Waals surface area (Å²) in [7, 11) is 0. The van der Waals surface area contributed by atoms with Crippen LogP contribution in [-0.2, 0) is 16.1 Å². The molecule has 2 amide bonds. The van der Waals surface area contributed by atoms with E-state index in [2.05, 4.69) is 22.2 Å². The number of imide groups is 1. The van der Waals surface area contributed by atoms with Crippen molar-refractivity contribution in [1.82, 2.24) is 14.9 Å². The summed E-state index contributed by atoms with van der Waals surface area (Å²) in [4.78, 5) is 32.5. The highest BCUT2D eigenvalue weighted by atomic mass is 16.2. The second kappa shape index (κ2) is 5.57. The smallest absolute Gasteiger partial charge is 0.230 e. The topological polar surface area (TPSA) is 75.2 Å². The van der Waals surface area contributed by atoms with Crippen molar-refractivity contribution in [3.63, 3.8) is 0 Å². The van der Waals surface area contributed by atoms with Crippen LogP contribution in [0.4, 0.5) is 5.82 Å². The third-order valence-corrected chi connectivity index (χ3v) is 2.74. The van der Waals surface area contributed by atoms with Gasteiger partial charge in [0.25, 0.3) is 0 Å². The Morgan fingerprint density at radius 1 is 1.22 bits per heavy atom. The first-order valence-electron chi connectivity index (χ1n) is 6.08. The Hall–Kier alpha value is -1.98. The van der Waals surface area contributed by atoms with Gasteiger partial charge in [-0.25, -0.2) is 4.98 Å². The van der Waals surface area contributed by atoms with Crippen molar-refractivity contribution in [3.05, 3.63) is 18.1 Å². The molecule has 1 N–H and O–H groups in total. The molecule has 0 atom stereocenters. The van der Waals surface area contributed by atoms with Gasteiger partial charge in [-0.15, -0.1) is 0 Å². The van der Waals surface area contributed by atoms with E-state index in [1.165, 1.54) is 4.90 Å². The SMILES string of the molecule is CCCNc1cnc(CN2C(=O)CCC2=O)cn1. The van der Waals surface area contributed by atoms with Crippen molar-refractivity contribution < 1.29 is 9.59 Å². The van der Waals surface area contributed by atoms with Crippen LogP contribution >= 0.6 is 0 Å². The number of nitrogens with zero attached hydrogens (tertiary/aromatic N) is 3. The van der Waals surface area contributed by atoms with E-state index in [-0.39, 0.29) is 18.4 Å². The average Bonchev–Trinajstić information content (AvgIpc) is 2.70. The van der Waals surface area contributed by atoms with Crippen molar-refractivity contribution in [3.8, 4) is 0 Å². The van der Waals surface area contributed by atoms with E-state index in [9.17, 15) is 9.59 Å². The van der Waals surface area contributed by atoms with Gasteiger partial charge in [0.15, 0.2) is 0 Å². The zero-order valence-electron chi connectivity index (χ0n) is 10.3. The summed E-state index contributed by atoms with van der Waals surface area (Å²) in [6.45, 7) is 3.13. The van der Waals surface area contributed by atoms with Gasteiger partial charge in [0.2, 0.25) is 11.8 Å². The van der Waals surface area contributed by atoms with E-state index in [0.29, 0.717) is 24.4 Å². The van der Waals surface area contributed by atoms with Crippen LogP contribution in [-0.4, -0.2) is 33.2 Å². The molecule has 0 aliphatic carbocycles. The lowest BCUT2D eigenvalue weighted by atomic mass is 10.4. The maximum absolute atomic E-state index is 11.4. The fourth-order valence-electron chi connectivity index (χ4n) is 1.74. The maximum atomic E-state index is 11.4. The number of aromatic nitrogens is 2. The summed E-state index contributed by atoms with van der Waals surface area (Å²) in [5, 5.41) is 3.11. The molecule has 2 heterocycles. The second-order valence-electron chi connectivity index (χ2n) is 4.19. The molecule has 0 radical (unpaired) electrons. The van der Waals surface area contributed by atoms with Crippen molar-refractivity contribution in [1.29, 1.82) is 0 Å². The quantitative estimate of drug-likeness (QED) is 0.785. The van der Waals surface area contributed by atoms with Gasteiger partial charge in [0.1, 0.15) is 5.82 Å². The van der Waals surface area contributed by atoms with Crippen molar-refractivity contribution in [2.75, 3.05) is 11.9 Å². The van der Waals surface area contributed by atoms with Crippen molar-refractivity contribution in [2.24, 2.45) is 0 Å². The first-order valence-corrected chi connectivity index (χ1v) is 6.08. The zero-order chi connectivity index (χ0) is 13.0. The van der Waals surface area contributed by atoms with Gasteiger partial charge in [-0.3, -0.25) is 19.5 Å². The van der Waals surface area contributed by atoms with Crippen LogP contribution in [0.25, 0.3) is 0 Å². The number of likely N-dealkylation sites (tertiary alicyclic amines) is 1. The highest BCUT2D eigenvalue weighted by molar-refractivity contribution is 6.01. The van der Waals surface area contributed by atoms with E-state index in [0.717, 1.165) is 13.0 Å². The minimum absolute atomic E-state index is 0.130. The molecule has 0 saturated carbocycles. The van der Waals surface area contributed by atoms with Gasteiger partial charge in [0.05, 0.1) is 24.6 Å². The number of nitrogens with one attached hydrogen (secondary N) is 1. The van der Waals surface area contributed by atoms with Crippen LogP contribution in [0.5, 0.6) is 0 Å². The van der Waals surface area contributed by atoms with Crippen LogP contribution in [0.15, 0.2) is 12.4 Å². The number of amides is 2. The molecule has 0 unspecified atom stereocenters. The number of hydrogen-bond acceptors (Lipinski definition) is 5. The van der Waals surface area contributed by atoms with Crippen LogP contribution in [0.1, 0.15) is 31.9 Å². The zero-order valence-corrected chi connectivity index (χ0v) is 10.3. The molecule has 0 spiro atoms. The summed E-state index contributed by atoms with van der Waals surface area (Å²) in [6, 6.07) is 0. The highest BCUT2D eigenvalue weighted by Crippen LogP contribution is 2.14. The molecule has 1 aliphatic rings. The lowest BCUT2D eigenvalue weighted by Crippen LogP contribution is -2.28. The summed E-state index contributed by atoms with van der Waals surface area (Å²) in [6.07, 6.45) is 4.85. The molecule has 1 aliphatic heterocycles. The monoisotopic (exact) mass is 248 g/mol. The predicted molar refractivity (Wildman–Crippen MR) is 65.6 cm³/mol. The first-order chi connectivity index (χ1) is 8.70. The predicted octanol–water partition coefficient (Wildman–Crippen LogP) is 0.947. The minimum atomic E-state index is -0.130. The summed E-state index contributed by atoms with van der Waals surface area (Å²) in [5.74, 6) is 0.449. The molecule has 2 rings (SSSR count). The third kappa shape index (κ3) is 2.82. The number of anilines is 1. The Kier molecular flexibility index (Phi) is 3.86. The van der Waals surface area contributed by atoms with Crippen LogP contribution < -0.4 is 5.32 Å². The van der Waals surface area contributed by atoms with Gasteiger partial charge in [-0.2, -0.15) is 0 Å². The molecule has 0 bridgehead atoms. The van der Waals surface area contributed by atoms with Crippen molar-refractivity contribution in [2.45, 2.75) is 32.7 Å². The molecule has 1 aromatic heterocycles. The fourth-order valence-corrected chi connectivity index (χ4v) is 1.74. The summed E-state index contributed by atoms with van der Waals surface area (Å²) >= 11 is 0. The summed E-state index contributed by atoms with van der Waals surface area (Å²) < 4.78 is 0. The van der Waals surface area contributed by atoms with E-state index >= 15 is 0 Å². The highest BCUT2D eigenvalue weighted by Gasteiger charge is 2.28. The Morgan fingerprint density at radius 3 is 2.50 bits per heavy atom. The molecule has 18 heavy (non-hydrogen) atoms. The lowest BCUT2D eigenvalue weighted by molar-refractivity contribution is -0.139. The fraction of sp³-hybridized carbons (Fsp3) is 0.500. The Bertz CT molecular complexity index is 428. The molecule has 6 heteroatoms. The number of rotatable bonds is 5. The molecular formula is C12H16N4O2. The van der Waals surface area contributed by atoms with Gasteiger partial charge in [-0.1, -0.05) is 6.92 Å². The maximum Gasteiger partial charge on any atom is 0.230 e. The third-order valence-electron chi connectivity index (χ3n) is 2.74. The van der Waals surface area contributed by atoms with Crippen LogP contribution in [0, 0.1) is 0 Å². The molecular weight excluding hydrogens is 232 g/mol. The molecule has 0 aromatic carbocycles. The van der Waals surface area contributed by atoms with E-state index in [1.807, 2.05) is 0 Å². The molecule has 1 saturated heterocycles. The standard InChI is InChI=1S/C12H16N4O2/c1-2-5-13-10-7-14-9(6-15-10)8-16-11(17)3-4-12(16)18/h6-7H,2-5,8H2,1H3,(H,13,15). The lowest BCUT2D eigenvalue weighted by Gasteiger charge is -2.12.